The van der Waals surface area contributed by atoms with Crippen LogP contribution in [0.4, 0.5) is 0 Å². The Kier molecular flexibility index (Phi) is 3.92. The molecule has 0 aliphatic rings. The fourth-order valence-corrected chi connectivity index (χ4v) is 2.36. The van der Waals surface area contributed by atoms with Gasteiger partial charge in [-0.2, -0.15) is 9.97 Å². The summed E-state index contributed by atoms with van der Waals surface area (Å²) in [5.74, 6) is 2.76. The van der Waals surface area contributed by atoms with Crippen LogP contribution in [-0.4, -0.2) is 20.1 Å². The maximum atomic E-state index is 5.87. The highest BCUT2D eigenvalue weighted by Crippen LogP contribution is 2.26. The zero-order valence-electron chi connectivity index (χ0n) is 13.5. The van der Waals surface area contributed by atoms with Crippen molar-refractivity contribution in [1.82, 2.24) is 20.1 Å². The summed E-state index contributed by atoms with van der Waals surface area (Å²) in [5.41, 5.74) is 1.75. The van der Waals surface area contributed by atoms with Crippen LogP contribution in [0.3, 0.4) is 0 Å². The highest BCUT2D eigenvalue weighted by atomic mass is 16.5. The lowest BCUT2D eigenvalue weighted by Crippen LogP contribution is -1.93. The summed E-state index contributed by atoms with van der Waals surface area (Å²) in [6.45, 7) is 1.75. The van der Waals surface area contributed by atoms with Crippen LogP contribution in [0, 0.1) is 6.92 Å². The third-order valence-electron chi connectivity index (χ3n) is 3.50. The minimum absolute atomic E-state index is 0.468. The van der Waals surface area contributed by atoms with Crippen molar-refractivity contribution in [3.8, 4) is 34.4 Å². The molecule has 122 valence electrons. The first-order valence-electron chi connectivity index (χ1n) is 7.75. The van der Waals surface area contributed by atoms with Crippen molar-refractivity contribution >= 4 is 0 Å². The normalized spacial score (nSPS) is 10.6. The molecule has 6 heteroatoms. The van der Waals surface area contributed by atoms with Gasteiger partial charge in [-0.3, -0.25) is 0 Å². The summed E-state index contributed by atoms with van der Waals surface area (Å²) in [5, 5.41) is 3.92. The quantitative estimate of drug-likeness (QED) is 0.555. The van der Waals surface area contributed by atoms with Gasteiger partial charge in [-0.1, -0.05) is 47.6 Å². The molecule has 0 aliphatic carbocycles. The van der Waals surface area contributed by atoms with E-state index in [9.17, 15) is 0 Å². The molecule has 2 heterocycles. The number of aryl methyl sites for hydroxylation is 1. The van der Waals surface area contributed by atoms with Gasteiger partial charge in [0.05, 0.1) is 0 Å². The van der Waals surface area contributed by atoms with E-state index in [-0.39, 0.29) is 0 Å². The second kappa shape index (κ2) is 6.52. The molecule has 0 spiro atoms. The van der Waals surface area contributed by atoms with Gasteiger partial charge in [0.1, 0.15) is 5.75 Å². The minimum Gasteiger partial charge on any atom is -0.439 e. The van der Waals surface area contributed by atoms with E-state index >= 15 is 0 Å². The van der Waals surface area contributed by atoms with Gasteiger partial charge in [0, 0.05) is 30.3 Å². The number of ether oxygens (including phenoxy) is 1. The van der Waals surface area contributed by atoms with Gasteiger partial charge < -0.3 is 9.26 Å². The number of aromatic nitrogens is 4. The van der Waals surface area contributed by atoms with Crippen molar-refractivity contribution in [3.05, 3.63) is 72.8 Å². The van der Waals surface area contributed by atoms with Gasteiger partial charge in [-0.25, -0.2) is 4.98 Å². The van der Waals surface area contributed by atoms with Crippen LogP contribution in [0.5, 0.6) is 11.6 Å². The minimum atomic E-state index is 0.468. The van der Waals surface area contributed by atoms with Crippen LogP contribution >= 0.6 is 0 Å². The highest BCUT2D eigenvalue weighted by Gasteiger charge is 2.08. The molecule has 0 fully saturated rings. The van der Waals surface area contributed by atoms with Crippen LogP contribution in [0.2, 0.25) is 0 Å². The molecule has 4 rings (SSSR count). The van der Waals surface area contributed by atoms with Gasteiger partial charge in [0.2, 0.25) is 17.6 Å². The lowest BCUT2D eigenvalue weighted by atomic mass is 10.2. The van der Waals surface area contributed by atoms with Gasteiger partial charge in [0.25, 0.3) is 0 Å². The first-order valence-corrected chi connectivity index (χ1v) is 7.75. The Bertz CT molecular complexity index is 999. The molecule has 25 heavy (non-hydrogen) atoms. The number of rotatable bonds is 4. The predicted octanol–water partition coefficient (Wildman–Crippen LogP) is 4.29. The molecule has 0 unspecified atom stereocenters. The number of benzene rings is 2. The van der Waals surface area contributed by atoms with Crippen LogP contribution in [0.1, 0.15) is 5.89 Å². The van der Waals surface area contributed by atoms with E-state index in [0.717, 1.165) is 11.1 Å². The van der Waals surface area contributed by atoms with Crippen molar-refractivity contribution < 1.29 is 9.26 Å². The van der Waals surface area contributed by atoms with E-state index in [1.54, 1.807) is 19.2 Å². The van der Waals surface area contributed by atoms with Crippen molar-refractivity contribution in [1.29, 1.82) is 0 Å². The Morgan fingerprint density at radius 1 is 0.840 bits per heavy atom. The summed E-state index contributed by atoms with van der Waals surface area (Å²) < 4.78 is 10.9. The summed E-state index contributed by atoms with van der Waals surface area (Å²) in [4.78, 5) is 13.0. The van der Waals surface area contributed by atoms with Gasteiger partial charge in [-0.05, 0) is 12.1 Å². The molecule has 4 aromatic rings. The van der Waals surface area contributed by atoms with E-state index in [1.165, 1.54) is 0 Å². The average Bonchev–Trinajstić information content (AvgIpc) is 3.09. The van der Waals surface area contributed by atoms with Crippen molar-refractivity contribution in [2.24, 2.45) is 0 Å². The van der Waals surface area contributed by atoms with Gasteiger partial charge >= 0.3 is 0 Å². The molecule has 0 amide bonds. The third-order valence-corrected chi connectivity index (χ3v) is 3.50. The smallest absolute Gasteiger partial charge is 0.223 e. The summed E-state index contributed by atoms with van der Waals surface area (Å²) in [6, 6.07) is 18.9. The zero-order chi connectivity index (χ0) is 17.1. The maximum absolute atomic E-state index is 5.87. The van der Waals surface area contributed by atoms with Gasteiger partial charge in [0.15, 0.2) is 5.82 Å². The van der Waals surface area contributed by atoms with Crippen molar-refractivity contribution in [2.45, 2.75) is 6.92 Å². The largest absolute Gasteiger partial charge is 0.439 e. The molecule has 6 nitrogen and oxygen atoms in total. The molecule has 2 aromatic heterocycles. The second-order valence-corrected chi connectivity index (χ2v) is 5.35. The first-order chi connectivity index (χ1) is 12.3. The highest BCUT2D eigenvalue weighted by molar-refractivity contribution is 5.57. The fourth-order valence-electron chi connectivity index (χ4n) is 2.36. The molecule has 0 saturated heterocycles. The lowest BCUT2D eigenvalue weighted by molar-refractivity contribution is 0.394. The second-order valence-electron chi connectivity index (χ2n) is 5.35. The zero-order valence-corrected chi connectivity index (χ0v) is 13.5. The Balaban J connectivity index is 1.61. The number of nitrogens with zero attached hydrogens (tertiary/aromatic N) is 4. The topological polar surface area (TPSA) is 73.9 Å². The molecule has 2 aromatic carbocycles. The summed E-state index contributed by atoms with van der Waals surface area (Å²) in [6.07, 6.45) is 1.68. The fraction of sp³-hybridized carbons (Fsp3) is 0.0526. The molecule has 0 atom stereocenters. The molecule has 0 radical (unpaired) electrons. The van der Waals surface area contributed by atoms with E-state index in [4.69, 9.17) is 9.26 Å². The number of hydrogen-bond donors (Lipinski definition) is 0. The Labute approximate surface area is 144 Å². The standard InChI is InChI=1S/C19H14N4O2/c1-13-21-19(23-25-13)15-8-5-9-16(12-15)24-17-10-11-20-18(22-17)14-6-3-2-4-7-14/h2-12H,1H3. The molecule has 0 bridgehead atoms. The van der Waals surface area contributed by atoms with E-state index in [2.05, 4.69) is 20.1 Å². The Hall–Kier alpha value is -3.54. The first kappa shape index (κ1) is 15.0. The molecule has 0 N–H and O–H groups in total. The van der Waals surface area contributed by atoms with Crippen LogP contribution in [0.15, 0.2) is 71.4 Å². The monoisotopic (exact) mass is 330 g/mol. The summed E-state index contributed by atoms with van der Waals surface area (Å²) in [7, 11) is 0. The van der Waals surface area contributed by atoms with E-state index < -0.39 is 0 Å². The Morgan fingerprint density at radius 3 is 2.48 bits per heavy atom. The average molecular weight is 330 g/mol. The molecular formula is C19H14N4O2. The molecule has 0 saturated carbocycles. The lowest BCUT2D eigenvalue weighted by Gasteiger charge is -2.07. The van der Waals surface area contributed by atoms with Crippen molar-refractivity contribution in [2.75, 3.05) is 0 Å². The SMILES string of the molecule is Cc1nc(-c2cccc(Oc3ccnc(-c4ccccc4)n3)c2)no1. The van der Waals surface area contributed by atoms with E-state index in [0.29, 0.717) is 29.2 Å². The summed E-state index contributed by atoms with van der Waals surface area (Å²) >= 11 is 0. The number of hydrogen-bond acceptors (Lipinski definition) is 6. The van der Waals surface area contributed by atoms with E-state index in [1.807, 2.05) is 54.6 Å². The van der Waals surface area contributed by atoms with Crippen LogP contribution in [0.25, 0.3) is 22.8 Å². The van der Waals surface area contributed by atoms with Crippen LogP contribution < -0.4 is 4.74 Å². The van der Waals surface area contributed by atoms with Gasteiger partial charge in [-0.15, -0.1) is 0 Å². The predicted molar refractivity (Wildman–Crippen MR) is 92.0 cm³/mol. The van der Waals surface area contributed by atoms with Crippen molar-refractivity contribution in [3.63, 3.8) is 0 Å². The van der Waals surface area contributed by atoms with Crippen LogP contribution in [-0.2, 0) is 0 Å². The molecular weight excluding hydrogens is 316 g/mol. The third kappa shape index (κ3) is 3.37. The Morgan fingerprint density at radius 2 is 1.68 bits per heavy atom. The maximum Gasteiger partial charge on any atom is 0.223 e. The molecule has 0 aliphatic heterocycles.